The van der Waals surface area contributed by atoms with Crippen molar-refractivity contribution in [2.75, 3.05) is 39.5 Å². The summed E-state index contributed by atoms with van der Waals surface area (Å²) in [6.45, 7) is 2.44. The standard InChI is InChI=1S/C26H37FN2O5/c27-10-14-34-23-5-1-3-20(15-23)22(17-26(32)33)16-24(30)21-4-2-13-29(18-21)25(31)7-6-19-8-11-28-12-9-19/h1,3,5,15,19,21-22,28H,2,4,6-14,16-18H2,(H,32,33)/t21-,22+/m1/s1. The van der Waals surface area contributed by atoms with E-state index in [1.165, 1.54) is 0 Å². The van der Waals surface area contributed by atoms with Gasteiger partial charge in [0.1, 0.15) is 24.8 Å². The number of alkyl halides is 1. The van der Waals surface area contributed by atoms with Crippen LogP contribution < -0.4 is 10.1 Å². The van der Waals surface area contributed by atoms with Crippen molar-refractivity contribution in [1.29, 1.82) is 0 Å². The number of hydrogen-bond donors (Lipinski definition) is 2. The lowest BCUT2D eigenvalue weighted by atomic mass is 9.84. The average molecular weight is 477 g/mol. The number of nitrogens with one attached hydrogen (secondary N) is 1. The average Bonchev–Trinajstić information content (AvgIpc) is 2.86. The summed E-state index contributed by atoms with van der Waals surface area (Å²) in [5.74, 6) is -0.571. The number of carboxylic acid groups (broad SMARTS) is 1. The van der Waals surface area contributed by atoms with E-state index in [1.54, 1.807) is 24.3 Å². The zero-order valence-electron chi connectivity index (χ0n) is 19.8. The number of Topliss-reactive ketones (excluding diaryl/α,β-unsaturated/α-hetero) is 1. The quantitative estimate of drug-likeness (QED) is 0.479. The van der Waals surface area contributed by atoms with Crippen LogP contribution in [0.1, 0.15) is 62.8 Å². The van der Waals surface area contributed by atoms with E-state index >= 15 is 0 Å². The van der Waals surface area contributed by atoms with Crippen LogP contribution in [0.5, 0.6) is 5.75 Å². The number of likely N-dealkylation sites (tertiary alicyclic amines) is 1. The second-order valence-electron chi connectivity index (χ2n) is 9.49. The molecule has 2 aliphatic rings. The van der Waals surface area contributed by atoms with Gasteiger partial charge in [0.15, 0.2) is 0 Å². The fraction of sp³-hybridized carbons (Fsp3) is 0.654. The molecular weight excluding hydrogens is 439 g/mol. The predicted octanol–water partition coefficient (Wildman–Crippen LogP) is 3.57. The lowest BCUT2D eigenvalue weighted by Crippen LogP contribution is -2.42. The Balaban J connectivity index is 1.57. The number of benzene rings is 1. The summed E-state index contributed by atoms with van der Waals surface area (Å²) in [4.78, 5) is 39.3. The minimum Gasteiger partial charge on any atom is -0.491 e. The van der Waals surface area contributed by atoms with Gasteiger partial charge in [-0.3, -0.25) is 14.4 Å². The predicted molar refractivity (Wildman–Crippen MR) is 127 cm³/mol. The molecule has 2 heterocycles. The maximum Gasteiger partial charge on any atom is 0.303 e. The highest BCUT2D eigenvalue weighted by Crippen LogP contribution is 2.30. The minimum atomic E-state index is -0.980. The Bertz CT molecular complexity index is 827. The first-order chi connectivity index (χ1) is 16.5. The van der Waals surface area contributed by atoms with Crippen molar-refractivity contribution in [1.82, 2.24) is 10.2 Å². The molecule has 0 radical (unpaired) electrons. The van der Waals surface area contributed by atoms with Crippen molar-refractivity contribution < 1.29 is 28.6 Å². The first-order valence-corrected chi connectivity index (χ1v) is 12.5. The smallest absolute Gasteiger partial charge is 0.303 e. The number of nitrogens with zero attached hydrogens (tertiary/aromatic N) is 1. The molecule has 2 saturated heterocycles. The maximum atomic E-state index is 13.2. The zero-order valence-corrected chi connectivity index (χ0v) is 19.8. The number of hydrogen-bond acceptors (Lipinski definition) is 5. The number of piperidine rings is 2. The van der Waals surface area contributed by atoms with E-state index in [4.69, 9.17) is 4.74 Å². The van der Waals surface area contributed by atoms with Crippen molar-refractivity contribution in [2.45, 2.75) is 57.3 Å². The molecule has 1 amide bonds. The molecular formula is C26H37FN2O5. The number of halogens is 1. The van der Waals surface area contributed by atoms with Gasteiger partial charge in [-0.25, -0.2) is 4.39 Å². The van der Waals surface area contributed by atoms with Crippen molar-refractivity contribution in [3.8, 4) is 5.75 Å². The molecule has 2 N–H and O–H groups in total. The van der Waals surface area contributed by atoms with Crippen LogP contribution in [0.15, 0.2) is 24.3 Å². The number of ketones is 1. The molecule has 188 valence electrons. The third-order valence-corrected chi connectivity index (χ3v) is 7.00. The summed E-state index contributed by atoms with van der Waals surface area (Å²) in [6, 6.07) is 6.88. The SMILES string of the molecule is O=C(O)C[C@H](CC(=O)[C@@H]1CCCN(C(=O)CCC2CCNCC2)C1)c1cccc(OCCF)c1. The summed E-state index contributed by atoms with van der Waals surface area (Å²) in [6.07, 6.45) is 5.07. The second-order valence-corrected chi connectivity index (χ2v) is 9.49. The van der Waals surface area contributed by atoms with E-state index in [0.29, 0.717) is 36.7 Å². The molecule has 2 fully saturated rings. The first-order valence-electron chi connectivity index (χ1n) is 12.5. The molecule has 8 heteroatoms. The number of aliphatic carboxylic acids is 1. The lowest BCUT2D eigenvalue weighted by Gasteiger charge is -2.33. The monoisotopic (exact) mass is 476 g/mol. The summed E-state index contributed by atoms with van der Waals surface area (Å²) >= 11 is 0. The van der Waals surface area contributed by atoms with Gasteiger partial charge >= 0.3 is 5.97 Å². The van der Waals surface area contributed by atoms with Gasteiger partial charge in [-0.05, 0) is 68.8 Å². The molecule has 0 spiro atoms. The molecule has 0 bridgehead atoms. The highest BCUT2D eigenvalue weighted by atomic mass is 19.1. The van der Waals surface area contributed by atoms with Crippen LogP contribution in [-0.2, 0) is 14.4 Å². The fourth-order valence-corrected chi connectivity index (χ4v) is 5.07. The molecule has 3 rings (SSSR count). The maximum absolute atomic E-state index is 13.2. The molecule has 0 aliphatic carbocycles. The van der Waals surface area contributed by atoms with Crippen molar-refractivity contribution in [2.24, 2.45) is 11.8 Å². The van der Waals surface area contributed by atoms with Gasteiger partial charge in [-0.15, -0.1) is 0 Å². The molecule has 0 unspecified atom stereocenters. The Kier molecular flexibility index (Phi) is 10.3. The lowest BCUT2D eigenvalue weighted by molar-refractivity contribution is -0.137. The van der Waals surface area contributed by atoms with Gasteiger partial charge in [0.2, 0.25) is 5.91 Å². The Hall–Kier alpha value is -2.48. The van der Waals surface area contributed by atoms with Gasteiger partial charge in [-0.1, -0.05) is 12.1 Å². The number of carbonyl (C=O) groups excluding carboxylic acids is 2. The van der Waals surface area contributed by atoms with Crippen LogP contribution in [0.2, 0.25) is 0 Å². The Labute approximate surface area is 201 Å². The molecule has 7 nitrogen and oxygen atoms in total. The molecule has 1 aromatic carbocycles. The third-order valence-electron chi connectivity index (χ3n) is 7.00. The van der Waals surface area contributed by atoms with Gasteiger partial charge < -0.3 is 20.1 Å². The van der Waals surface area contributed by atoms with Gasteiger partial charge in [0, 0.05) is 37.8 Å². The van der Waals surface area contributed by atoms with Crippen LogP contribution in [0, 0.1) is 11.8 Å². The Morgan fingerprint density at radius 1 is 1.18 bits per heavy atom. The summed E-state index contributed by atoms with van der Waals surface area (Å²) in [5, 5.41) is 12.8. The van der Waals surface area contributed by atoms with Crippen molar-refractivity contribution >= 4 is 17.7 Å². The molecule has 2 atom stereocenters. The topological polar surface area (TPSA) is 95.9 Å². The second kappa shape index (κ2) is 13.4. The highest BCUT2D eigenvalue weighted by Gasteiger charge is 2.31. The Morgan fingerprint density at radius 2 is 1.97 bits per heavy atom. The van der Waals surface area contributed by atoms with E-state index in [9.17, 15) is 23.9 Å². The number of ether oxygens (including phenoxy) is 1. The van der Waals surface area contributed by atoms with Crippen molar-refractivity contribution in [3.63, 3.8) is 0 Å². The van der Waals surface area contributed by atoms with E-state index in [0.717, 1.165) is 45.2 Å². The van der Waals surface area contributed by atoms with Crippen LogP contribution in [-0.4, -0.2) is 67.1 Å². The molecule has 2 aliphatic heterocycles. The summed E-state index contributed by atoms with van der Waals surface area (Å²) < 4.78 is 17.8. The van der Waals surface area contributed by atoms with E-state index in [1.807, 2.05) is 4.90 Å². The number of carbonyl (C=O) groups is 3. The van der Waals surface area contributed by atoms with Crippen LogP contribution in [0.25, 0.3) is 0 Å². The van der Waals surface area contributed by atoms with Crippen LogP contribution in [0.4, 0.5) is 4.39 Å². The summed E-state index contributed by atoms with van der Waals surface area (Å²) in [7, 11) is 0. The zero-order chi connectivity index (χ0) is 24.3. The van der Waals surface area contributed by atoms with Gasteiger partial charge in [0.05, 0.1) is 6.42 Å². The van der Waals surface area contributed by atoms with Gasteiger partial charge in [-0.2, -0.15) is 0 Å². The molecule has 1 aromatic rings. The van der Waals surface area contributed by atoms with Crippen LogP contribution in [0.3, 0.4) is 0 Å². The van der Waals surface area contributed by atoms with E-state index in [-0.39, 0.29) is 37.1 Å². The van der Waals surface area contributed by atoms with E-state index in [2.05, 4.69) is 5.32 Å². The fourth-order valence-electron chi connectivity index (χ4n) is 5.07. The Morgan fingerprint density at radius 3 is 2.71 bits per heavy atom. The molecule has 34 heavy (non-hydrogen) atoms. The normalized spacial score (nSPS) is 20.0. The number of rotatable bonds is 12. The van der Waals surface area contributed by atoms with Crippen molar-refractivity contribution in [3.05, 3.63) is 29.8 Å². The number of carboxylic acids is 1. The first kappa shape index (κ1) is 26.1. The van der Waals surface area contributed by atoms with Crippen LogP contribution >= 0.6 is 0 Å². The largest absolute Gasteiger partial charge is 0.491 e. The van der Waals surface area contributed by atoms with E-state index < -0.39 is 18.6 Å². The third kappa shape index (κ3) is 8.08. The highest BCUT2D eigenvalue weighted by molar-refractivity contribution is 5.84. The molecule has 0 saturated carbocycles. The number of amides is 1. The minimum absolute atomic E-state index is 0.00261. The van der Waals surface area contributed by atoms with Gasteiger partial charge in [0.25, 0.3) is 0 Å². The molecule has 0 aromatic heterocycles. The summed E-state index contributed by atoms with van der Waals surface area (Å²) in [5.41, 5.74) is 0.692.